The lowest BCUT2D eigenvalue weighted by Gasteiger charge is -2.14. The van der Waals surface area contributed by atoms with Gasteiger partial charge in [-0.15, -0.1) is 11.3 Å². The number of hydrogen-bond donors (Lipinski definition) is 2. The molecule has 0 fully saturated rings. The standard InChI is InChI=1S/C10H15N3O3S/c1-3-13(7(2)14)10-12-8(6-17-10)4-11-5-9(15)16/h6,11H,3-5H2,1-2H3,(H,15,16). The Kier molecular flexibility index (Phi) is 5.05. The van der Waals surface area contributed by atoms with Crippen LogP contribution in [0.3, 0.4) is 0 Å². The molecule has 0 atom stereocenters. The van der Waals surface area contributed by atoms with E-state index >= 15 is 0 Å². The third-order valence-corrected chi connectivity index (χ3v) is 2.96. The van der Waals surface area contributed by atoms with Gasteiger partial charge >= 0.3 is 5.97 Å². The first-order chi connectivity index (χ1) is 8.04. The number of aliphatic carboxylic acids is 1. The Hall–Kier alpha value is -1.47. The van der Waals surface area contributed by atoms with E-state index in [1.54, 1.807) is 4.90 Å². The number of amides is 1. The monoisotopic (exact) mass is 257 g/mol. The number of carbonyl (C=O) groups excluding carboxylic acids is 1. The molecule has 0 saturated carbocycles. The van der Waals surface area contributed by atoms with Crippen LogP contribution in [0, 0.1) is 0 Å². The molecule has 2 N–H and O–H groups in total. The highest BCUT2D eigenvalue weighted by atomic mass is 32.1. The number of nitrogens with zero attached hydrogens (tertiary/aromatic N) is 2. The highest BCUT2D eigenvalue weighted by molar-refractivity contribution is 7.14. The third-order valence-electron chi connectivity index (χ3n) is 2.05. The molecule has 1 rings (SSSR count). The quantitative estimate of drug-likeness (QED) is 0.783. The molecule has 0 aromatic carbocycles. The van der Waals surface area contributed by atoms with Gasteiger partial charge in [-0.3, -0.25) is 14.5 Å². The number of thiazole rings is 1. The minimum Gasteiger partial charge on any atom is -0.480 e. The Morgan fingerprint density at radius 2 is 2.29 bits per heavy atom. The van der Waals surface area contributed by atoms with Gasteiger partial charge < -0.3 is 10.4 Å². The van der Waals surface area contributed by atoms with Crippen molar-refractivity contribution in [1.29, 1.82) is 0 Å². The van der Waals surface area contributed by atoms with Crippen molar-refractivity contribution in [3.05, 3.63) is 11.1 Å². The fourth-order valence-corrected chi connectivity index (χ4v) is 2.22. The molecule has 1 amide bonds. The average molecular weight is 257 g/mol. The van der Waals surface area contributed by atoms with Gasteiger partial charge in [0.25, 0.3) is 0 Å². The van der Waals surface area contributed by atoms with E-state index in [4.69, 9.17) is 5.11 Å². The molecular formula is C10H15N3O3S. The van der Waals surface area contributed by atoms with Crippen LogP contribution in [0.4, 0.5) is 5.13 Å². The summed E-state index contributed by atoms with van der Waals surface area (Å²) in [5, 5.41) is 13.7. The van der Waals surface area contributed by atoms with E-state index in [0.29, 0.717) is 18.2 Å². The van der Waals surface area contributed by atoms with Crippen LogP contribution in [-0.4, -0.2) is 35.1 Å². The topological polar surface area (TPSA) is 82.5 Å². The fourth-order valence-electron chi connectivity index (χ4n) is 1.29. The maximum absolute atomic E-state index is 11.3. The summed E-state index contributed by atoms with van der Waals surface area (Å²) >= 11 is 1.38. The normalized spacial score (nSPS) is 10.2. The number of carboxylic acid groups (broad SMARTS) is 1. The zero-order valence-corrected chi connectivity index (χ0v) is 10.6. The van der Waals surface area contributed by atoms with Crippen molar-refractivity contribution in [2.24, 2.45) is 0 Å². The maximum Gasteiger partial charge on any atom is 0.317 e. The van der Waals surface area contributed by atoms with Gasteiger partial charge in [0.15, 0.2) is 5.13 Å². The number of hydrogen-bond acceptors (Lipinski definition) is 5. The third kappa shape index (κ3) is 4.12. The highest BCUT2D eigenvalue weighted by Crippen LogP contribution is 2.20. The van der Waals surface area contributed by atoms with E-state index in [0.717, 1.165) is 5.69 Å². The van der Waals surface area contributed by atoms with E-state index < -0.39 is 5.97 Å². The molecule has 1 aromatic heterocycles. The predicted octanol–water partition coefficient (Wildman–Crippen LogP) is 0.690. The van der Waals surface area contributed by atoms with Crippen LogP contribution in [-0.2, 0) is 16.1 Å². The smallest absolute Gasteiger partial charge is 0.317 e. The van der Waals surface area contributed by atoms with E-state index in [9.17, 15) is 9.59 Å². The summed E-state index contributed by atoms with van der Waals surface area (Å²) in [5.41, 5.74) is 0.742. The van der Waals surface area contributed by atoms with E-state index in [2.05, 4.69) is 10.3 Å². The Bertz CT molecular complexity index is 405. The van der Waals surface area contributed by atoms with Crippen molar-refractivity contribution in [2.45, 2.75) is 20.4 Å². The number of aromatic nitrogens is 1. The van der Waals surface area contributed by atoms with Crippen LogP contribution in [0.5, 0.6) is 0 Å². The molecule has 0 saturated heterocycles. The van der Waals surface area contributed by atoms with Crippen molar-refractivity contribution in [2.75, 3.05) is 18.0 Å². The van der Waals surface area contributed by atoms with Gasteiger partial charge in [-0.05, 0) is 6.92 Å². The largest absolute Gasteiger partial charge is 0.480 e. The molecule has 0 spiro atoms. The predicted molar refractivity (Wildman–Crippen MR) is 65.2 cm³/mol. The minimum atomic E-state index is -0.903. The summed E-state index contributed by atoms with van der Waals surface area (Å²) in [4.78, 5) is 27.4. The Morgan fingerprint density at radius 1 is 1.59 bits per heavy atom. The molecule has 0 aliphatic rings. The second-order valence-electron chi connectivity index (χ2n) is 3.38. The molecule has 1 aromatic rings. The van der Waals surface area contributed by atoms with Crippen molar-refractivity contribution in [3.63, 3.8) is 0 Å². The van der Waals surface area contributed by atoms with Crippen molar-refractivity contribution in [3.8, 4) is 0 Å². The molecule has 6 nitrogen and oxygen atoms in total. The molecule has 7 heteroatoms. The molecule has 0 bridgehead atoms. The van der Waals surface area contributed by atoms with Crippen LogP contribution in [0.2, 0.25) is 0 Å². The molecule has 0 aliphatic heterocycles. The van der Waals surface area contributed by atoms with Gasteiger partial charge in [0, 0.05) is 25.4 Å². The van der Waals surface area contributed by atoms with Gasteiger partial charge in [0.1, 0.15) is 0 Å². The number of rotatable bonds is 6. The summed E-state index contributed by atoms with van der Waals surface area (Å²) in [6.45, 7) is 4.23. The fraction of sp³-hybridized carbons (Fsp3) is 0.500. The van der Waals surface area contributed by atoms with Crippen molar-refractivity contribution in [1.82, 2.24) is 10.3 Å². The summed E-state index contributed by atoms with van der Waals surface area (Å²) in [6.07, 6.45) is 0. The molecule has 0 unspecified atom stereocenters. The first-order valence-electron chi connectivity index (χ1n) is 5.19. The molecule has 1 heterocycles. The van der Waals surface area contributed by atoms with Crippen LogP contribution in [0.1, 0.15) is 19.5 Å². The van der Waals surface area contributed by atoms with Gasteiger partial charge in [0.05, 0.1) is 12.2 Å². The summed E-state index contributed by atoms with van der Waals surface area (Å²) in [6, 6.07) is 0. The first-order valence-corrected chi connectivity index (χ1v) is 6.07. The summed E-state index contributed by atoms with van der Waals surface area (Å²) < 4.78 is 0. The first kappa shape index (κ1) is 13.6. The molecule has 94 valence electrons. The Morgan fingerprint density at radius 3 is 2.82 bits per heavy atom. The van der Waals surface area contributed by atoms with E-state index in [1.165, 1.54) is 18.3 Å². The van der Waals surface area contributed by atoms with E-state index in [-0.39, 0.29) is 12.5 Å². The van der Waals surface area contributed by atoms with Crippen LogP contribution in [0.25, 0.3) is 0 Å². The van der Waals surface area contributed by atoms with Crippen LogP contribution < -0.4 is 10.2 Å². The number of carboxylic acids is 1. The van der Waals surface area contributed by atoms with Crippen molar-refractivity contribution < 1.29 is 14.7 Å². The van der Waals surface area contributed by atoms with Crippen LogP contribution in [0.15, 0.2) is 5.38 Å². The van der Waals surface area contributed by atoms with Gasteiger partial charge in [-0.1, -0.05) is 0 Å². The Balaban J connectivity index is 2.58. The molecule has 0 aliphatic carbocycles. The lowest BCUT2D eigenvalue weighted by atomic mass is 10.4. The lowest BCUT2D eigenvalue weighted by Crippen LogP contribution is -2.28. The van der Waals surface area contributed by atoms with Crippen LogP contribution >= 0.6 is 11.3 Å². The SMILES string of the molecule is CCN(C(C)=O)c1nc(CNCC(=O)O)cs1. The Labute approximate surface area is 103 Å². The minimum absolute atomic E-state index is 0.0492. The highest BCUT2D eigenvalue weighted by Gasteiger charge is 2.13. The average Bonchev–Trinajstić information content (AvgIpc) is 2.66. The van der Waals surface area contributed by atoms with Gasteiger partial charge in [-0.2, -0.15) is 0 Å². The zero-order valence-electron chi connectivity index (χ0n) is 9.77. The molecular weight excluding hydrogens is 242 g/mol. The van der Waals surface area contributed by atoms with Gasteiger partial charge in [0.2, 0.25) is 5.91 Å². The zero-order chi connectivity index (χ0) is 12.8. The summed E-state index contributed by atoms with van der Waals surface area (Å²) in [5.74, 6) is -0.953. The van der Waals surface area contributed by atoms with E-state index in [1.807, 2.05) is 12.3 Å². The number of carbonyl (C=O) groups is 2. The number of nitrogens with one attached hydrogen (secondary N) is 1. The molecule has 0 radical (unpaired) electrons. The van der Waals surface area contributed by atoms with Crippen molar-refractivity contribution >= 4 is 28.3 Å². The second kappa shape index (κ2) is 6.31. The maximum atomic E-state index is 11.3. The second-order valence-corrected chi connectivity index (χ2v) is 4.22. The summed E-state index contributed by atoms with van der Waals surface area (Å²) in [7, 11) is 0. The van der Waals surface area contributed by atoms with Gasteiger partial charge in [-0.25, -0.2) is 4.98 Å². The molecule has 17 heavy (non-hydrogen) atoms. The number of anilines is 1. The lowest BCUT2D eigenvalue weighted by molar-refractivity contribution is -0.136.